The van der Waals surface area contributed by atoms with E-state index in [0.717, 1.165) is 57.2 Å². The highest BCUT2D eigenvalue weighted by atomic mass is 16.5. The minimum atomic E-state index is 0.804. The molecule has 118 valence electrons. The minimum Gasteiger partial charge on any atom is -0.381 e. The Labute approximate surface area is 128 Å². The molecule has 0 unspecified atom stereocenters. The summed E-state index contributed by atoms with van der Waals surface area (Å²) in [6.45, 7) is 5.54. The zero-order valence-corrected chi connectivity index (χ0v) is 13.3. The standard InChI is InChI=1S/C16H28N4O/c1-3-4-13-21-14-7-11-19-16(17-2)20-12-9-15-8-5-6-10-18-15/h5-6,8,10H,3-4,7,9,11-14H2,1-2H3,(H2,17,19,20). The van der Waals surface area contributed by atoms with Gasteiger partial charge in [-0.3, -0.25) is 9.98 Å². The van der Waals surface area contributed by atoms with Crippen molar-refractivity contribution in [3.8, 4) is 0 Å². The topological polar surface area (TPSA) is 58.5 Å². The maximum atomic E-state index is 5.52. The number of pyridine rings is 1. The van der Waals surface area contributed by atoms with Gasteiger partial charge in [0.15, 0.2) is 5.96 Å². The van der Waals surface area contributed by atoms with Crippen molar-refractivity contribution in [2.45, 2.75) is 32.6 Å². The molecule has 5 heteroatoms. The maximum absolute atomic E-state index is 5.52. The molecular weight excluding hydrogens is 264 g/mol. The summed E-state index contributed by atoms with van der Waals surface area (Å²) in [5, 5.41) is 6.57. The van der Waals surface area contributed by atoms with E-state index in [1.165, 1.54) is 6.42 Å². The smallest absolute Gasteiger partial charge is 0.190 e. The second kappa shape index (κ2) is 12.1. The molecule has 1 heterocycles. The molecule has 0 fully saturated rings. The van der Waals surface area contributed by atoms with E-state index >= 15 is 0 Å². The Kier molecular flexibility index (Phi) is 10.1. The summed E-state index contributed by atoms with van der Waals surface area (Å²) in [4.78, 5) is 8.50. The Bertz CT molecular complexity index is 381. The van der Waals surface area contributed by atoms with Gasteiger partial charge in [0.25, 0.3) is 0 Å². The average Bonchev–Trinajstić information content (AvgIpc) is 2.53. The van der Waals surface area contributed by atoms with E-state index in [1.807, 2.05) is 24.4 Å². The van der Waals surface area contributed by atoms with Crippen molar-refractivity contribution in [3.63, 3.8) is 0 Å². The van der Waals surface area contributed by atoms with Crippen LogP contribution in [-0.2, 0) is 11.2 Å². The molecule has 2 N–H and O–H groups in total. The van der Waals surface area contributed by atoms with Crippen LogP contribution in [0.1, 0.15) is 31.9 Å². The highest BCUT2D eigenvalue weighted by Gasteiger charge is 1.98. The first kappa shape index (κ1) is 17.4. The Morgan fingerprint density at radius 3 is 2.71 bits per heavy atom. The lowest BCUT2D eigenvalue weighted by atomic mass is 10.3. The number of aromatic nitrogens is 1. The highest BCUT2D eigenvalue weighted by Crippen LogP contribution is 1.93. The number of nitrogens with zero attached hydrogens (tertiary/aromatic N) is 2. The molecular formula is C16H28N4O. The lowest BCUT2D eigenvalue weighted by Crippen LogP contribution is -2.39. The molecule has 5 nitrogen and oxygen atoms in total. The molecule has 0 atom stereocenters. The number of ether oxygens (including phenoxy) is 1. The van der Waals surface area contributed by atoms with Crippen molar-refractivity contribution in [1.29, 1.82) is 0 Å². The molecule has 21 heavy (non-hydrogen) atoms. The lowest BCUT2D eigenvalue weighted by Gasteiger charge is -2.11. The lowest BCUT2D eigenvalue weighted by molar-refractivity contribution is 0.129. The Morgan fingerprint density at radius 2 is 2.00 bits per heavy atom. The summed E-state index contributed by atoms with van der Waals surface area (Å²) in [6.07, 6.45) is 6.03. The van der Waals surface area contributed by atoms with Gasteiger partial charge >= 0.3 is 0 Å². The van der Waals surface area contributed by atoms with Crippen LogP contribution >= 0.6 is 0 Å². The summed E-state index contributed by atoms with van der Waals surface area (Å²) in [5.74, 6) is 0.833. The fraction of sp³-hybridized carbons (Fsp3) is 0.625. The Morgan fingerprint density at radius 1 is 1.19 bits per heavy atom. The number of rotatable bonds is 10. The van der Waals surface area contributed by atoms with Crippen LogP contribution in [0, 0.1) is 0 Å². The fourth-order valence-electron chi connectivity index (χ4n) is 1.81. The van der Waals surface area contributed by atoms with Crippen molar-refractivity contribution in [1.82, 2.24) is 15.6 Å². The zero-order valence-electron chi connectivity index (χ0n) is 13.3. The van der Waals surface area contributed by atoms with Gasteiger partial charge < -0.3 is 15.4 Å². The zero-order chi connectivity index (χ0) is 15.2. The van der Waals surface area contributed by atoms with E-state index in [0.29, 0.717) is 0 Å². The van der Waals surface area contributed by atoms with Gasteiger partial charge in [0.2, 0.25) is 0 Å². The number of hydrogen-bond donors (Lipinski definition) is 2. The van der Waals surface area contributed by atoms with Gasteiger partial charge in [-0.2, -0.15) is 0 Å². The SMILES string of the molecule is CCCCOCCCNC(=NC)NCCc1ccccn1. The molecule has 0 aliphatic carbocycles. The third-order valence-electron chi connectivity index (χ3n) is 3.02. The van der Waals surface area contributed by atoms with Crippen LogP contribution in [0.2, 0.25) is 0 Å². The van der Waals surface area contributed by atoms with E-state index in [9.17, 15) is 0 Å². The molecule has 0 aromatic carbocycles. The number of guanidine groups is 1. The van der Waals surface area contributed by atoms with Gasteiger partial charge in [0.05, 0.1) is 0 Å². The van der Waals surface area contributed by atoms with Crippen molar-refractivity contribution >= 4 is 5.96 Å². The predicted molar refractivity (Wildman–Crippen MR) is 87.6 cm³/mol. The fourth-order valence-corrected chi connectivity index (χ4v) is 1.81. The number of unbranched alkanes of at least 4 members (excludes halogenated alkanes) is 1. The molecule has 0 aliphatic heterocycles. The third-order valence-corrected chi connectivity index (χ3v) is 3.02. The van der Waals surface area contributed by atoms with Crippen molar-refractivity contribution in [3.05, 3.63) is 30.1 Å². The third kappa shape index (κ3) is 9.02. The second-order valence-corrected chi connectivity index (χ2v) is 4.82. The van der Waals surface area contributed by atoms with Crippen LogP contribution in [-0.4, -0.2) is 44.3 Å². The van der Waals surface area contributed by atoms with Crippen LogP contribution in [0.15, 0.2) is 29.4 Å². The van der Waals surface area contributed by atoms with E-state index in [1.54, 1.807) is 7.05 Å². The van der Waals surface area contributed by atoms with E-state index in [2.05, 4.69) is 27.5 Å². The van der Waals surface area contributed by atoms with Crippen LogP contribution in [0.4, 0.5) is 0 Å². The number of hydrogen-bond acceptors (Lipinski definition) is 3. The summed E-state index contributed by atoms with van der Waals surface area (Å²) in [7, 11) is 1.79. The van der Waals surface area contributed by atoms with Crippen LogP contribution in [0.3, 0.4) is 0 Å². The number of nitrogens with one attached hydrogen (secondary N) is 2. The van der Waals surface area contributed by atoms with Gasteiger partial charge in [-0.05, 0) is 25.0 Å². The normalized spacial score (nSPS) is 11.4. The van der Waals surface area contributed by atoms with Gasteiger partial charge in [-0.25, -0.2) is 0 Å². The van der Waals surface area contributed by atoms with Crippen molar-refractivity contribution in [2.75, 3.05) is 33.4 Å². The number of aliphatic imine (C=N–C) groups is 1. The van der Waals surface area contributed by atoms with Gasteiger partial charge in [-0.15, -0.1) is 0 Å². The Balaban J connectivity index is 2.04. The molecule has 0 aliphatic rings. The first-order chi connectivity index (χ1) is 10.4. The van der Waals surface area contributed by atoms with Crippen molar-refractivity contribution < 1.29 is 4.74 Å². The molecule has 1 aromatic heterocycles. The van der Waals surface area contributed by atoms with Gasteiger partial charge in [0, 0.05) is 51.7 Å². The largest absolute Gasteiger partial charge is 0.381 e. The van der Waals surface area contributed by atoms with Crippen LogP contribution < -0.4 is 10.6 Å². The van der Waals surface area contributed by atoms with E-state index in [-0.39, 0.29) is 0 Å². The summed E-state index contributed by atoms with van der Waals surface area (Å²) < 4.78 is 5.52. The van der Waals surface area contributed by atoms with E-state index in [4.69, 9.17) is 4.74 Å². The van der Waals surface area contributed by atoms with Crippen LogP contribution in [0.25, 0.3) is 0 Å². The molecule has 0 bridgehead atoms. The predicted octanol–water partition coefficient (Wildman–Crippen LogP) is 2.00. The van der Waals surface area contributed by atoms with Crippen LogP contribution in [0.5, 0.6) is 0 Å². The average molecular weight is 292 g/mol. The molecule has 0 spiro atoms. The second-order valence-electron chi connectivity index (χ2n) is 4.82. The Hall–Kier alpha value is -1.62. The first-order valence-electron chi connectivity index (χ1n) is 7.79. The van der Waals surface area contributed by atoms with Gasteiger partial charge in [0.1, 0.15) is 0 Å². The maximum Gasteiger partial charge on any atom is 0.190 e. The molecule has 0 radical (unpaired) electrons. The summed E-state index contributed by atoms with van der Waals surface area (Å²) in [6, 6.07) is 5.97. The molecule has 0 saturated carbocycles. The molecule has 1 aromatic rings. The van der Waals surface area contributed by atoms with Gasteiger partial charge in [-0.1, -0.05) is 19.4 Å². The molecule has 0 amide bonds. The summed E-state index contributed by atoms with van der Waals surface area (Å²) in [5.41, 5.74) is 1.09. The van der Waals surface area contributed by atoms with Crippen molar-refractivity contribution in [2.24, 2.45) is 4.99 Å². The molecule has 1 rings (SSSR count). The minimum absolute atomic E-state index is 0.804. The summed E-state index contributed by atoms with van der Waals surface area (Å²) >= 11 is 0. The monoisotopic (exact) mass is 292 g/mol. The van der Waals surface area contributed by atoms with E-state index < -0.39 is 0 Å². The first-order valence-corrected chi connectivity index (χ1v) is 7.79. The molecule has 0 saturated heterocycles. The highest BCUT2D eigenvalue weighted by molar-refractivity contribution is 5.79. The quantitative estimate of drug-likeness (QED) is 0.393.